The molecule has 2 unspecified atom stereocenters. The van der Waals surface area contributed by atoms with E-state index in [1.807, 2.05) is 27.6 Å². The quantitative estimate of drug-likeness (QED) is 0.717. The number of nitrogens with zero attached hydrogens (tertiary/aromatic N) is 4. The van der Waals surface area contributed by atoms with Gasteiger partial charge in [0.1, 0.15) is 18.1 Å². The molecule has 0 spiro atoms. The Morgan fingerprint density at radius 3 is 2.48 bits per heavy atom. The molecule has 29 heavy (non-hydrogen) atoms. The first-order valence-electron chi connectivity index (χ1n) is 10.2. The van der Waals surface area contributed by atoms with Gasteiger partial charge in [-0.3, -0.25) is 0 Å². The third kappa shape index (κ3) is 3.42. The molecule has 0 radical (unpaired) electrons. The molecule has 5 rings (SSSR count). The summed E-state index contributed by atoms with van der Waals surface area (Å²) < 4.78 is 15.4. The zero-order chi connectivity index (χ0) is 19.8. The van der Waals surface area contributed by atoms with Gasteiger partial charge < -0.3 is 19.1 Å². The first-order valence-corrected chi connectivity index (χ1v) is 10.2. The Morgan fingerprint density at radius 1 is 1.03 bits per heavy atom. The molecule has 0 amide bonds. The van der Waals surface area contributed by atoms with Gasteiger partial charge in [0, 0.05) is 36.6 Å². The first kappa shape index (κ1) is 18.3. The topological polar surface area (TPSA) is 91.4 Å². The molecule has 2 atom stereocenters. The van der Waals surface area contributed by atoms with E-state index in [2.05, 4.69) is 5.10 Å². The Kier molecular flexibility index (Phi) is 4.81. The molecule has 2 aliphatic heterocycles. The minimum absolute atomic E-state index is 0.0284. The number of carboxylic acid groups (broad SMARTS) is 1. The van der Waals surface area contributed by atoms with E-state index in [4.69, 9.17) is 14.5 Å². The van der Waals surface area contributed by atoms with E-state index in [-0.39, 0.29) is 18.0 Å². The van der Waals surface area contributed by atoms with Gasteiger partial charge in [-0.15, -0.1) is 0 Å². The Hall–Kier alpha value is -2.71. The summed E-state index contributed by atoms with van der Waals surface area (Å²) in [5.74, 6) is -0.957. The molecule has 8 nitrogen and oxygen atoms in total. The molecule has 152 valence electrons. The van der Waals surface area contributed by atoms with Gasteiger partial charge in [0.25, 0.3) is 0 Å². The molecule has 0 saturated carbocycles. The summed E-state index contributed by atoms with van der Waals surface area (Å²) in [6, 6.07) is 3.68. The Morgan fingerprint density at radius 2 is 1.79 bits per heavy atom. The summed E-state index contributed by atoms with van der Waals surface area (Å²) in [6.45, 7) is 1.44. The van der Waals surface area contributed by atoms with Crippen LogP contribution < -0.4 is 0 Å². The Balaban J connectivity index is 1.53. The van der Waals surface area contributed by atoms with E-state index < -0.39 is 5.97 Å². The van der Waals surface area contributed by atoms with Crippen LogP contribution in [0.15, 0.2) is 30.7 Å². The van der Waals surface area contributed by atoms with E-state index >= 15 is 0 Å². The fourth-order valence-corrected chi connectivity index (χ4v) is 4.18. The highest BCUT2D eigenvalue weighted by Crippen LogP contribution is 2.31. The lowest BCUT2D eigenvalue weighted by molar-refractivity contribution is -0.0394. The van der Waals surface area contributed by atoms with Crippen LogP contribution in [-0.2, 0) is 9.47 Å². The predicted molar refractivity (Wildman–Crippen MR) is 106 cm³/mol. The van der Waals surface area contributed by atoms with Crippen molar-refractivity contribution in [1.82, 2.24) is 19.3 Å². The largest absolute Gasteiger partial charge is 0.478 e. The number of aromatic carboxylic acids is 1. The Labute approximate surface area is 168 Å². The standard InChI is InChI=1S/C21H24N4O4/c26-21(27)16-13-24(18-5-1-3-9-28-18)20-15(16)7-8-17(23-20)14-11-22-25(12-14)19-6-2-4-10-29-19/h7-8,11-13,18-19H,1-6,9-10H2,(H,26,27). The van der Waals surface area contributed by atoms with E-state index in [1.54, 1.807) is 12.4 Å². The number of carboxylic acids is 1. The summed E-state index contributed by atoms with van der Waals surface area (Å²) in [5.41, 5.74) is 2.52. The van der Waals surface area contributed by atoms with Crippen molar-refractivity contribution in [3.05, 3.63) is 36.3 Å². The molecule has 2 aliphatic rings. The van der Waals surface area contributed by atoms with E-state index in [0.717, 1.165) is 56.4 Å². The molecular formula is C21H24N4O4. The highest BCUT2D eigenvalue weighted by atomic mass is 16.5. The number of aromatic nitrogens is 4. The van der Waals surface area contributed by atoms with Gasteiger partial charge >= 0.3 is 5.97 Å². The average Bonchev–Trinajstić information content (AvgIpc) is 3.40. The van der Waals surface area contributed by atoms with Crippen molar-refractivity contribution in [3.8, 4) is 11.3 Å². The summed E-state index contributed by atoms with van der Waals surface area (Å²) >= 11 is 0. The summed E-state index contributed by atoms with van der Waals surface area (Å²) in [5, 5.41) is 14.7. The molecule has 1 N–H and O–H groups in total. The fraction of sp³-hybridized carbons (Fsp3) is 0.476. The van der Waals surface area contributed by atoms with Crippen LogP contribution >= 0.6 is 0 Å². The van der Waals surface area contributed by atoms with Crippen molar-refractivity contribution in [2.24, 2.45) is 0 Å². The van der Waals surface area contributed by atoms with E-state index in [1.165, 1.54) is 0 Å². The zero-order valence-electron chi connectivity index (χ0n) is 16.2. The molecule has 0 bridgehead atoms. The molecule has 2 fully saturated rings. The number of hydrogen-bond acceptors (Lipinski definition) is 5. The lowest BCUT2D eigenvalue weighted by Gasteiger charge is -2.24. The molecule has 3 aromatic rings. The van der Waals surface area contributed by atoms with Gasteiger partial charge in [-0.25, -0.2) is 14.5 Å². The molecule has 5 heterocycles. The maximum atomic E-state index is 11.7. The summed E-state index contributed by atoms with van der Waals surface area (Å²) in [6.07, 6.45) is 11.3. The second kappa shape index (κ2) is 7.61. The number of carbonyl (C=O) groups is 1. The third-order valence-corrected chi connectivity index (χ3v) is 5.72. The van der Waals surface area contributed by atoms with Gasteiger partial charge in [0.2, 0.25) is 0 Å². The van der Waals surface area contributed by atoms with E-state index in [0.29, 0.717) is 17.6 Å². The van der Waals surface area contributed by atoms with Crippen LogP contribution in [0.4, 0.5) is 0 Å². The maximum absolute atomic E-state index is 11.7. The van der Waals surface area contributed by atoms with Crippen LogP contribution in [0, 0.1) is 0 Å². The van der Waals surface area contributed by atoms with Gasteiger partial charge in [-0.05, 0) is 50.7 Å². The van der Waals surface area contributed by atoms with Gasteiger partial charge in [0.15, 0.2) is 0 Å². The number of pyridine rings is 1. The second-order valence-corrected chi connectivity index (χ2v) is 7.67. The van der Waals surface area contributed by atoms with Crippen molar-refractivity contribution in [2.45, 2.75) is 51.0 Å². The van der Waals surface area contributed by atoms with Gasteiger partial charge in [-0.1, -0.05) is 0 Å². The minimum atomic E-state index is -0.957. The average molecular weight is 396 g/mol. The normalized spacial score (nSPS) is 22.8. The van der Waals surface area contributed by atoms with Crippen molar-refractivity contribution in [3.63, 3.8) is 0 Å². The van der Waals surface area contributed by atoms with Gasteiger partial charge in [0.05, 0.1) is 17.5 Å². The van der Waals surface area contributed by atoms with Crippen LogP contribution in [0.5, 0.6) is 0 Å². The predicted octanol–water partition coefficient (Wildman–Crippen LogP) is 4.00. The van der Waals surface area contributed by atoms with Crippen LogP contribution in [0.3, 0.4) is 0 Å². The second-order valence-electron chi connectivity index (χ2n) is 7.67. The first-order chi connectivity index (χ1) is 14.2. The summed E-state index contributed by atoms with van der Waals surface area (Å²) in [4.78, 5) is 16.5. The molecule has 0 aliphatic carbocycles. The highest BCUT2D eigenvalue weighted by Gasteiger charge is 2.23. The van der Waals surface area contributed by atoms with Crippen molar-refractivity contribution < 1.29 is 19.4 Å². The molecule has 8 heteroatoms. The van der Waals surface area contributed by atoms with Crippen molar-refractivity contribution in [2.75, 3.05) is 13.2 Å². The molecule has 0 aromatic carbocycles. The molecular weight excluding hydrogens is 372 g/mol. The van der Waals surface area contributed by atoms with Crippen LogP contribution in [0.2, 0.25) is 0 Å². The fourth-order valence-electron chi connectivity index (χ4n) is 4.18. The summed E-state index contributed by atoms with van der Waals surface area (Å²) in [7, 11) is 0. The number of rotatable bonds is 4. The maximum Gasteiger partial charge on any atom is 0.337 e. The van der Waals surface area contributed by atoms with Crippen molar-refractivity contribution in [1.29, 1.82) is 0 Å². The Bertz CT molecular complexity index is 1030. The number of hydrogen-bond donors (Lipinski definition) is 1. The van der Waals surface area contributed by atoms with Crippen molar-refractivity contribution >= 4 is 17.0 Å². The zero-order valence-corrected chi connectivity index (χ0v) is 16.2. The lowest BCUT2D eigenvalue weighted by Crippen LogP contribution is -2.18. The third-order valence-electron chi connectivity index (χ3n) is 5.72. The number of ether oxygens (including phenoxy) is 2. The van der Waals surface area contributed by atoms with Crippen LogP contribution in [0.25, 0.3) is 22.3 Å². The SMILES string of the molecule is O=C(O)c1cn(C2CCCCO2)c2nc(-c3cnn(C4CCCCO4)c3)ccc12. The van der Waals surface area contributed by atoms with Crippen LogP contribution in [0.1, 0.15) is 61.3 Å². The molecule has 2 saturated heterocycles. The lowest BCUT2D eigenvalue weighted by atomic mass is 10.1. The van der Waals surface area contributed by atoms with Crippen LogP contribution in [-0.4, -0.2) is 43.6 Å². The number of fused-ring (bicyclic) bond motifs is 1. The molecule has 3 aromatic heterocycles. The monoisotopic (exact) mass is 396 g/mol. The van der Waals surface area contributed by atoms with E-state index in [9.17, 15) is 9.90 Å². The highest BCUT2D eigenvalue weighted by molar-refractivity contribution is 6.02. The van der Waals surface area contributed by atoms with Gasteiger partial charge in [-0.2, -0.15) is 5.10 Å². The minimum Gasteiger partial charge on any atom is -0.478 e. The smallest absolute Gasteiger partial charge is 0.337 e.